The van der Waals surface area contributed by atoms with Gasteiger partial charge in [0.2, 0.25) is 5.91 Å². The number of carbonyl (C=O) groups excluding carboxylic acids is 1. The first-order valence-corrected chi connectivity index (χ1v) is 5.93. The van der Waals surface area contributed by atoms with Crippen LogP contribution in [0.5, 0.6) is 0 Å². The largest absolute Gasteiger partial charge is 0.396 e. The van der Waals surface area contributed by atoms with E-state index >= 15 is 0 Å². The van der Waals surface area contributed by atoms with E-state index in [0.29, 0.717) is 18.9 Å². The van der Waals surface area contributed by atoms with Crippen LogP contribution in [0.1, 0.15) is 31.7 Å². The molecule has 0 aromatic carbocycles. The highest BCUT2D eigenvalue weighted by atomic mass is 16.3. The van der Waals surface area contributed by atoms with Crippen molar-refractivity contribution >= 4 is 5.91 Å². The molecule has 0 bridgehead atoms. The van der Waals surface area contributed by atoms with Crippen molar-refractivity contribution in [2.45, 2.75) is 26.2 Å². The number of hydrogen-bond donors (Lipinski definition) is 2. The van der Waals surface area contributed by atoms with Crippen LogP contribution in [0, 0.1) is 5.92 Å². The topological polar surface area (TPSA) is 62.2 Å². The minimum atomic E-state index is -0.190. The highest BCUT2D eigenvalue weighted by Gasteiger charge is 2.15. The van der Waals surface area contributed by atoms with Crippen LogP contribution in [0.15, 0.2) is 24.5 Å². The molecule has 0 spiro atoms. The molecule has 0 aliphatic rings. The van der Waals surface area contributed by atoms with Gasteiger partial charge in [-0.1, -0.05) is 13.0 Å². The average Bonchev–Trinajstić information content (AvgIpc) is 2.36. The summed E-state index contributed by atoms with van der Waals surface area (Å²) in [5, 5.41) is 11.7. The van der Waals surface area contributed by atoms with Gasteiger partial charge in [0.05, 0.1) is 5.92 Å². The Morgan fingerprint density at radius 2 is 2.29 bits per heavy atom. The van der Waals surface area contributed by atoms with E-state index in [9.17, 15) is 4.79 Å². The molecule has 0 aliphatic carbocycles. The third-order valence-electron chi connectivity index (χ3n) is 2.82. The first-order chi connectivity index (χ1) is 8.15. The summed E-state index contributed by atoms with van der Waals surface area (Å²) < 4.78 is 0. The van der Waals surface area contributed by atoms with E-state index in [1.807, 2.05) is 26.0 Å². The number of amides is 1. The smallest absolute Gasteiger partial charge is 0.227 e. The Bertz CT molecular complexity index is 341. The quantitative estimate of drug-likeness (QED) is 0.783. The monoisotopic (exact) mass is 236 g/mol. The second-order valence-electron chi connectivity index (χ2n) is 4.37. The maximum Gasteiger partial charge on any atom is 0.227 e. The van der Waals surface area contributed by atoms with Crippen molar-refractivity contribution in [1.82, 2.24) is 10.3 Å². The van der Waals surface area contributed by atoms with E-state index < -0.39 is 0 Å². The Kier molecular flexibility index (Phi) is 5.63. The first-order valence-electron chi connectivity index (χ1n) is 5.93. The minimum absolute atomic E-state index is 0.00258. The van der Waals surface area contributed by atoms with Crippen LogP contribution in [-0.2, 0) is 4.79 Å². The summed E-state index contributed by atoms with van der Waals surface area (Å²) in [6.07, 6.45) is 4.11. The van der Waals surface area contributed by atoms with Crippen molar-refractivity contribution in [3.05, 3.63) is 30.1 Å². The van der Waals surface area contributed by atoms with Crippen molar-refractivity contribution in [1.29, 1.82) is 0 Å². The number of rotatable bonds is 6. The first kappa shape index (κ1) is 13.6. The van der Waals surface area contributed by atoms with E-state index in [4.69, 9.17) is 5.11 Å². The molecule has 0 aliphatic heterocycles. The van der Waals surface area contributed by atoms with Crippen LogP contribution in [0.3, 0.4) is 0 Å². The fourth-order valence-electron chi connectivity index (χ4n) is 1.53. The molecule has 0 saturated heterocycles. The molecule has 1 aromatic rings. The van der Waals surface area contributed by atoms with Crippen LogP contribution in [0.4, 0.5) is 0 Å². The van der Waals surface area contributed by atoms with Crippen molar-refractivity contribution < 1.29 is 9.90 Å². The van der Waals surface area contributed by atoms with Gasteiger partial charge in [0.1, 0.15) is 0 Å². The zero-order valence-electron chi connectivity index (χ0n) is 10.4. The third-order valence-corrected chi connectivity index (χ3v) is 2.82. The Balaban J connectivity index is 2.43. The molecular formula is C13H20N2O2. The summed E-state index contributed by atoms with van der Waals surface area (Å²) in [6.45, 7) is 4.63. The third kappa shape index (κ3) is 4.53. The van der Waals surface area contributed by atoms with E-state index in [2.05, 4.69) is 10.3 Å². The molecule has 1 aromatic heterocycles. The van der Waals surface area contributed by atoms with E-state index in [1.54, 1.807) is 12.4 Å². The zero-order chi connectivity index (χ0) is 12.7. The number of carbonyl (C=O) groups is 1. The lowest BCUT2D eigenvalue weighted by Crippen LogP contribution is -2.32. The Morgan fingerprint density at radius 1 is 1.53 bits per heavy atom. The number of hydrogen-bond acceptors (Lipinski definition) is 3. The summed E-state index contributed by atoms with van der Waals surface area (Å²) in [5.74, 6) is 0.109. The van der Waals surface area contributed by atoms with Crippen LogP contribution in [0.25, 0.3) is 0 Å². The average molecular weight is 236 g/mol. The van der Waals surface area contributed by atoms with Gasteiger partial charge in [-0.3, -0.25) is 9.78 Å². The second kappa shape index (κ2) is 7.01. The van der Waals surface area contributed by atoms with Crippen molar-refractivity contribution in [3.63, 3.8) is 0 Å². The normalized spacial score (nSPS) is 14.1. The Labute approximate surface area is 102 Å². The van der Waals surface area contributed by atoms with Gasteiger partial charge >= 0.3 is 0 Å². The summed E-state index contributed by atoms with van der Waals surface area (Å²) in [6, 6.07) is 3.72. The van der Waals surface area contributed by atoms with E-state index in [0.717, 1.165) is 5.56 Å². The fraction of sp³-hybridized carbons (Fsp3) is 0.538. The van der Waals surface area contributed by atoms with E-state index in [1.165, 1.54) is 0 Å². The highest BCUT2D eigenvalue weighted by molar-refractivity contribution is 5.83. The highest BCUT2D eigenvalue weighted by Crippen LogP contribution is 2.13. The van der Waals surface area contributed by atoms with Gasteiger partial charge in [-0.2, -0.15) is 0 Å². The maximum absolute atomic E-state index is 11.9. The molecule has 0 radical (unpaired) electrons. The number of nitrogens with zero attached hydrogens (tertiary/aromatic N) is 1. The van der Waals surface area contributed by atoms with Crippen LogP contribution < -0.4 is 5.32 Å². The molecule has 0 fully saturated rings. The molecule has 2 atom stereocenters. The van der Waals surface area contributed by atoms with Gasteiger partial charge in [-0.25, -0.2) is 0 Å². The van der Waals surface area contributed by atoms with E-state index in [-0.39, 0.29) is 18.4 Å². The van der Waals surface area contributed by atoms with Crippen LogP contribution in [0.2, 0.25) is 0 Å². The fourth-order valence-corrected chi connectivity index (χ4v) is 1.53. The van der Waals surface area contributed by atoms with Gasteiger partial charge in [0, 0.05) is 25.5 Å². The van der Waals surface area contributed by atoms with Crippen LogP contribution in [-0.4, -0.2) is 29.1 Å². The summed E-state index contributed by atoms with van der Waals surface area (Å²) >= 11 is 0. The molecule has 4 heteroatoms. The zero-order valence-corrected chi connectivity index (χ0v) is 10.4. The second-order valence-corrected chi connectivity index (χ2v) is 4.37. The molecule has 17 heavy (non-hydrogen) atoms. The number of aliphatic hydroxyl groups is 1. The lowest BCUT2D eigenvalue weighted by atomic mass is 10.0. The SMILES string of the molecule is CC(CCO)CNC(=O)C(C)c1cccnc1. The lowest BCUT2D eigenvalue weighted by molar-refractivity contribution is -0.122. The number of nitrogens with one attached hydrogen (secondary N) is 1. The predicted molar refractivity (Wildman–Crippen MR) is 66.5 cm³/mol. The van der Waals surface area contributed by atoms with Gasteiger partial charge in [0.25, 0.3) is 0 Å². The summed E-state index contributed by atoms with van der Waals surface area (Å²) in [5.41, 5.74) is 0.916. The van der Waals surface area contributed by atoms with Gasteiger partial charge in [0.15, 0.2) is 0 Å². The predicted octanol–water partition coefficient (Wildman–Crippen LogP) is 1.32. The molecule has 2 N–H and O–H groups in total. The summed E-state index contributed by atoms with van der Waals surface area (Å²) in [4.78, 5) is 15.9. The van der Waals surface area contributed by atoms with Gasteiger partial charge < -0.3 is 10.4 Å². The molecule has 2 unspecified atom stereocenters. The number of pyridine rings is 1. The molecule has 1 rings (SSSR count). The van der Waals surface area contributed by atoms with Crippen molar-refractivity contribution in [2.75, 3.05) is 13.2 Å². The van der Waals surface area contributed by atoms with Crippen LogP contribution >= 0.6 is 0 Å². The maximum atomic E-state index is 11.9. The number of aliphatic hydroxyl groups excluding tert-OH is 1. The van der Waals surface area contributed by atoms with Crippen molar-refractivity contribution in [2.24, 2.45) is 5.92 Å². The minimum Gasteiger partial charge on any atom is -0.396 e. The molecule has 0 saturated carbocycles. The Hall–Kier alpha value is -1.42. The standard InChI is InChI=1S/C13H20N2O2/c1-10(5-7-16)8-15-13(17)11(2)12-4-3-6-14-9-12/h3-4,6,9-11,16H,5,7-8H2,1-2H3,(H,15,17). The summed E-state index contributed by atoms with van der Waals surface area (Å²) in [7, 11) is 0. The molecule has 4 nitrogen and oxygen atoms in total. The lowest BCUT2D eigenvalue weighted by Gasteiger charge is -2.15. The molecule has 1 heterocycles. The molecule has 1 amide bonds. The van der Waals surface area contributed by atoms with Crippen molar-refractivity contribution in [3.8, 4) is 0 Å². The van der Waals surface area contributed by atoms with Gasteiger partial charge in [-0.15, -0.1) is 0 Å². The Morgan fingerprint density at radius 3 is 2.88 bits per heavy atom. The molecule has 94 valence electrons. The van der Waals surface area contributed by atoms with Gasteiger partial charge in [-0.05, 0) is 30.9 Å². The number of aromatic nitrogens is 1. The molecular weight excluding hydrogens is 216 g/mol.